The summed E-state index contributed by atoms with van der Waals surface area (Å²) in [6, 6.07) is 14.0. The molecule has 0 saturated carbocycles. The van der Waals surface area contributed by atoms with Crippen molar-refractivity contribution < 1.29 is 16.8 Å². The summed E-state index contributed by atoms with van der Waals surface area (Å²) in [5, 5.41) is 4.33. The Balaban J connectivity index is 2.06. The highest BCUT2D eigenvalue weighted by atomic mass is 32.2. The summed E-state index contributed by atoms with van der Waals surface area (Å²) in [6.45, 7) is 1.94. The largest absolute Gasteiger partial charge is 0.283 e. The van der Waals surface area contributed by atoms with Gasteiger partial charge in [-0.05, 0) is 18.6 Å². The maximum atomic E-state index is 12.3. The number of nitrogens with zero attached hydrogens (tertiary/aromatic N) is 2. The van der Waals surface area contributed by atoms with Gasteiger partial charge in [0.05, 0.1) is 30.0 Å². The molecule has 1 heterocycles. The van der Waals surface area contributed by atoms with E-state index in [-0.39, 0.29) is 0 Å². The number of hydrogen-bond acceptors (Lipinski definition) is 5. The number of anilines is 1. The lowest BCUT2D eigenvalue weighted by atomic mass is 9.97. The van der Waals surface area contributed by atoms with Gasteiger partial charge in [-0.1, -0.05) is 48.0 Å². The van der Waals surface area contributed by atoms with E-state index in [0.717, 1.165) is 28.1 Å². The highest BCUT2D eigenvalue weighted by Gasteiger charge is 2.35. The molecule has 0 aliphatic carbocycles. The molecule has 0 amide bonds. The predicted octanol–water partition coefficient (Wildman–Crippen LogP) is 2.48. The first kappa shape index (κ1) is 19.4. The van der Waals surface area contributed by atoms with Gasteiger partial charge in [0.1, 0.15) is 0 Å². The third-order valence-electron chi connectivity index (χ3n) is 4.17. The molecule has 1 atom stereocenters. The van der Waals surface area contributed by atoms with E-state index < -0.39 is 26.1 Å². The lowest BCUT2D eigenvalue weighted by molar-refractivity contribution is 0.374. The van der Waals surface area contributed by atoms with Crippen LogP contribution < -0.4 is 4.72 Å². The van der Waals surface area contributed by atoms with Crippen LogP contribution in [0.3, 0.4) is 0 Å². The van der Waals surface area contributed by atoms with Crippen LogP contribution in [-0.2, 0) is 20.0 Å². The van der Waals surface area contributed by atoms with Gasteiger partial charge in [-0.2, -0.15) is 9.52 Å². The summed E-state index contributed by atoms with van der Waals surface area (Å²) in [5.74, 6) is 0. The van der Waals surface area contributed by atoms with E-state index in [0.29, 0.717) is 23.4 Å². The normalized spacial score (nSPS) is 17.7. The van der Waals surface area contributed by atoms with Crippen molar-refractivity contribution >= 4 is 31.4 Å². The second-order valence-electron chi connectivity index (χ2n) is 6.64. The number of para-hydroxylation sites is 1. The summed E-state index contributed by atoms with van der Waals surface area (Å²) < 4.78 is 51.5. The Morgan fingerprint density at radius 2 is 1.74 bits per heavy atom. The molecule has 0 saturated heterocycles. The SMILES string of the molecule is Cc1cccc(C2CC(c3ccccc3NS(C)(=O)=O)=NN2S(C)(=O)=O)c1. The number of aryl methyl sites for hydroxylation is 1. The van der Waals surface area contributed by atoms with Crippen molar-refractivity contribution in [1.29, 1.82) is 0 Å². The molecule has 0 bridgehead atoms. The highest BCUT2D eigenvalue weighted by Crippen LogP contribution is 2.36. The molecule has 1 unspecified atom stereocenters. The van der Waals surface area contributed by atoms with Crippen molar-refractivity contribution in [1.82, 2.24) is 4.41 Å². The molecular formula is C18H21N3O4S2. The number of rotatable bonds is 5. The maximum absolute atomic E-state index is 12.3. The predicted molar refractivity (Wildman–Crippen MR) is 107 cm³/mol. The van der Waals surface area contributed by atoms with E-state index >= 15 is 0 Å². The minimum absolute atomic E-state index is 0.346. The monoisotopic (exact) mass is 407 g/mol. The van der Waals surface area contributed by atoms with E-state index in [2.05, 4.69) is 9.82 Å². The van der Waals surface area contributed by atoms with Crippen molar-refractivity contribution in [2.45, 2.75) is 19.4 Å². The molecule has 0 aromatic heterocycles. The smallest absolute Gasteiger partial charge is 0.247 e. The summed E-state index contributed by atoms with van der Waals surface area (Å²) in [4.78, 5) is 0. The van der Waals surface area contributed by atoms with Crippen LogP contribution in [0.1, 0.15) is 29.2 Å². The Labute approximate surface area is 159 Å². The van der Waals surface area contributed by atoms with Crippen LogP contribution in [0.25, 0.3) is 0 Å². The zero-order chi connectivity index (χ0) is 19.8. The number of sulfonamides is 2. The van der Waals surface area contributed by atoms with E-state index in [1.807, 2.05) is 31.2 Å². The Kier molecular flexibility index (Phi) is 5.00. The summed E-state index contributed by atoms with van der Waals surface area (Å²) in [7, 11) is -7.07. The van der Waals surface area contributed by atoms with Gasteiger partial charge in [0.25, 0.3) is 0 Å². The molecule has 0 radical (unpaired) electrons. The van der Waals surface area contributed by atoms with Crippen molar-refractivity contribution in [2.24, 2.45) is 5.10 Å². The molecule has 1 aliphatic rings. The quantitative estimate of drug-likeness (QED) is 0.824. The molecule has 1 N–H and O–H groups in total. The van der Waals surface area contributed by atoms with Crippen LogP contribution in [0, 0.1) is 6.92 Å². The Morgan fingerprint density at radius 1 is 1.04 bits per heavy atom. The zero-order valence-corrected chi connectivity index (χ0v) is 16.9. The first-order valence-corrected chi connectivity index (χ1v) is 12.0. The van der Waals surface area contributed by atoms with E-state index in [4.69, 9.17) is 0 Å². The third kappa shape index (κ3) is 4.48. The Bertz CT molecular complexity index is 1110. The molecule has 3 rings (SSSR count). The fourth-order valence-electron chi connectivity index (χ4n) is 3.11. The van der Waals surface area contributed by atoms with Crippen molar-refractivity contribution in [3.8, 4) is 0 Å². The first-order chi connectivity index (χ1) is 12.5. The molecule has 2 aromatic rings. The fourth-order valence-corrected chi connectivity index (χ4v) is 4.59. The lowest BCUT2D eigenvalue weighted by Gasteiger charge is -2.21. The van der Waals surface area contributed by atoms with Crippen LogP contribution in [0.5, 0.6) is 0 Å². The van der Waals surface area contributed by atoms with Crippen molar-refractivity contribution in [3.63, 3.8) is 0 Å². The number of hydrogen-bond donors (Lipinski definition) is 1. The molecule has 2 aromatic carbocycles. The van der Waals surface area contributed by atoms with Gasteiger partial charge in [-0.15, -0.1) is 0 Å². The Morgan fingerprint density at radius 3 is 2.37 bits per heavy atom. The van der Waals surface area contributed by atoms with E-state index in [9.17, 15) is 16.8 Å². The highest BCUT2D eigenvalue weighted by molar-refractivity contribution is 7.92. The molecule has 27 heavy (non-hydrogen) atoms. The van der Waals surface area contributed by atoms with Gasteiger partial charge < -0.3 is 0 Å². The molecule has 144 valence electrons. The molecule has 0 spiro atoms. The Hall–Kier alpha value is -2.39. The van der Waals surface area contributed by atoms with Gasteiger partial charge >= 0.3 is 0 Å². The third-order valence-corrected chi connectivity index (χ3v) is 5.78. The molecular weight excluding hydrogens is 386 g/mol. The fraction of sp³-hybridized carbons (Fsp3) is 0.278. The van der Waals surface area contributed by atoms with E-state index in [1.54, 1.807) is 24.3 Å². The van der Waals surface area contributed by atoms with Crippen molar-refractivity contribution in [2.75, 3.05) is 17.2 Å². The number of benzene rings is 2. The van der Waals surface area contributed by atoms with Gasteiger partial charge in [0, 0.05) is 12.0 Å². The van der Waals surface area contributed by atoms with Gasteiger partial charge in [0.15, 0.2) is 0 Å². The molecule has 7 nitrogen and oxygen atoms in total. The first-order valence-electron chi connectivity index (χ1n) is 8.25. The average molecular weight is 408 g/mol. The standard InChI is InChI=1S/C18H21N3O4S2/c1-13-7-6-8-14(11-13)18-12-17(19-21(18)27(3,24)25)15-9-4-5-10-16(15)20-26(2,22)23/h4-11,18,20H,12H2,1-3H3. The second kappa shape index (κ2) is 6.97. The topological polar surface area (TPSA) is 95.9 Å². The molecule has 9 heteroatoms. The summed E-state index contributed by atoms with van der Waals surface area (Å²) >= 11 is 0. The summed E-state index contributed by atoms with van der Waals surface area (Å²) in [5.41, 5.74) is 3.31. The minimum Gasteiger partial charge on any atom is -0.283 e. The van der Waals surface area contributed by atoms with Gasteiger partial charge in [0.2, 0.25) is 20.0 Å². The lowest BCUT2D eigenvalue weighted by Crippen LogP contribution is -2.25. The number of hydrazone groups is 1. The van der Waals surface area contributed by atoms with Gasteiger partial charge in [-0.25, -0.2) is 16.8 Å². The second-order valence-corrected chi connectivity index (χ2v) is 10.2. The zero-order valence-electron chi connectivity index (χ0n) is 15.2. The van der Waals surface area contributed by atoms with Crippen LogP contribution in [-0.4, -0.2) is 39.5 Å². The minimum atomic E-state index is -3.59. The maximum Gasteiger partial charge on any atom is 0.247 e. The van der Waals surface area contributed by atoms with E-state index in [1.165, 1.54) is 0 Å². The molecule has 0 fully saturated rings. The van der Waals surface area contributed by atoms with Crippen molar-refractivity contribution in [3.05, 3.63) is 65.2 Å². The molecule has 1 aliphatic heterocycles. The number of nitrogens with one attached hydrogen (secondary N) is 1. The van der Waals surface area contributed by atoms with Crippen LogP contribution in [0.15, 0.2) is 53.6 Å². The van der Waals surface area contributed by atoms with Crippen LogP contribution >= 0.6 is 0 Å². The van der Waals surface area contributed by atoms with Gasteiger partial charge in [-0.3, -0.25) is 4.72 Å². The van der Waals surface area contributed by atoms with Crippen LogP contribution in [0.4, 0.5) is 5.69 Å². The van der Waals surface area contributed by atoms with Crippen LogP contribution in [0.2, 0.25) is 0 Å². The summed E-state index contributed by atoms with van der Waals surface area (Å²) in [6.07, 6.45) is 2.53. The average Bonchev–Trinajstić information content (AvgIpc) is 2.99.